The standard InChI is InChI=1S/C48H54BrF3N6O10/c1-31-19-44(35(21-41(31)49)20-37(59)24-36-27-53-32(2)26-54-36)68-30-39-29-57(12-14-66-39)46(60)7-13-64-15-16-65-17-18-67-38-5-3-33(4-6-38)28-56-10-8-47(61,9-11-56)45-23-34-22-43(58(62)63)40(48(50,51)52)25-42(34)55-45/h3-6,19,21-23,25-27,39,55,61H,7-18,20,24,28-30H2,1-2H3/t39-/m0/s1. The molecule has 0 saturated carbocycles. The van der Waals surface area contributed by atoms with Crippen LogP contribution in [0.2, 0.25) is 0 Å². The number of carbonyl (C=O) groups is 2. The van der Waals surface area contributed by atoms with E-state index in [-0.39, 0.29) is 61.2 Å². The minimum Gasteiger partial charge on any atom is -0.491 e. The molecule has 2 saturated heterocycles. The molecule has 0 spiro atoms. The Morgan fingerprint density at radius 2 is 1.69 bits per heavy atom. The van der Waals surface area contributed by atoms with Crippen LogP contribution in [0.15, 0.2) is 71.5 Å². The number of aromatic amines is 1. The molecule has 0 bridgehead atoms. The van der Waals surface area contributed by atoms with Gasteiger partial charge in [0.1, 0.15) is 47.8 Å². The maximum atomic E-state index is 13.5. The van der Waals surface area contributed by atoms with Gasteiger partial charge >= 0.3 is 6.18 Å². The van der Waals surface area contributed by atoms with Crippen LogP contribution >= 0.6 is 15.9 Å². The molecule has 0 aliphatic carbocycles. The Bertz CT molecular complexity index is 2530. The number of likely N-dealkylation sites (tertiary alicyclic amines) is 1. The predicted molar refractivity (Wildman–Crippen MR) is 246 cm³/mol. The van der Waals surface area contributed by atoms with Crippen molar-refractivity contribution in [3.8, 4) is 11.5 Å². The minimum absolute atomic E-state index is 0.0152. The van der Waals surface area contributed by atoms with Gasteiger partial charge in [-0.15, -0.1) is 0 Å². The number of Topliss-reactive ketones (excluding diaryl/α,β-unsaturated/α-hetero) is 1. The summed E-state index contributed by atoms with van der Waals surface area (Å²) < 4.78 is 70.6. The SMILES string of the molecule is Cc1cnc(CC(=O)Cc2cc(Br)c(C)cc2OC[C@@H]2CN(C(=O)CCOCCOCCOc3ccc(CN4CCC(O)(c5cc6cc([N+](=O)[O-])c(C(F)(F)F)cc6[nH]5)CC4)cc3)CCO2)cn1. The van der Waals surface area contributed by atoms with Crippen molar-refractivity contribution in [1.82, 2.24) is 24.8 Å². The summed E-state index contributed by atoms with van der Waals surface area (Å²) in [5, 5.41) is 23.0. The lowest BCUT2D eigenvalue weighted by molar-refractivity contribution is -0.387. The van der Waals surface area contributed by atoms with E-state index in [1.54, 1.807) is 17.3 Å². The van der Waals surface area contributed by atoms with Crippen molar-refractivity contribution in [3.05, 3.63) is 121 Å². The number of rotatable bonds is 21. The third-order valence-electron chi connectivity index (χ3n) is 11.9. The van der Waals surface area contributed by atoms with Crippen molar-refractivity contribution in [3.63, 3.8) is 0 Å². The zero-order valence-corrected chi connectivity index (χ0v) is 39.4. The number of benzene rings is 3. The number of nitro benzene ring substituents is 1. The number of aromatic nitrogens is 3. The second kappa shape index (κ2) is 22.7. The highest BCUT2D eigenvalue weighted by atomic mass is 79.9. The number of amides is 1. The summed E-state index contributed by atoms with van der Waals surface area (Å²) in [5.74, 6) is 1.21. The van der Waals surface area contributed by atoms with Crippen LogP contribution in [0.3, 0.4) is 0 Å². The van der Waals surface area contributed by atoms with Crippen molar-refractivity contribution >= 4 is 44.2 Å². The Labute approximate surface area is 399 Å². The van der Waals surface area contributed by atoms with Gasteiger partial charge in [-0.2, -0.15) is 13.2 Å². The lowest BCUT2D eigenvalue weighted by Crippen LogP contribution is -2.47. The van der Waals surface area contributed by atoms with Gasteiger partial charge < -0.3 is 38.7 Å². The van der Waals surface area contributed by atoms with E-state index >= 15 is 0 Å². The summed E-state index contributed by atoms with van der Waals surface area (Å²) >= 11 is 3.57. The van der Waals surface area contributed by atoms with E-state index in [0.29, 0.717) is 101 Å². The minimum atomic E-state index is -4.90. The molecular weight excluding hydrogens is 957 g/mol. The van der Waals surface area contributed by atoms with Crippen molar-refractivity contribution in [2.24, 2.45) is 0 Å². The lowest BCUT2D eigenvalue weighted by atomic mass is 9.88. The first-order valence-corrected chi connectivity index (χ1v) is 23.1. The van der Waals surface area contributed by atoms with E-state index in [4.69, 9.17) is 23.7 Å². The molecule has 20 heteroatoms. The van der Waals surface area contributed by atoms with Crippen molar-refractivity contribution in [2.75, 3.05) is 72.4 Å². The van der Waals surface area contributed by atoms with E-state index < -0.39 is 28.0 Å². The lowest BCUT2D eigenvalue weighted by Gasteiger charge is -2.37. The monoisotopic (exact) mass is 1010 g/mol. The first kappa shape index (κ1) is 50.4. The summed E-state index contributed by atoms with van der Waals surface area (Å²) in [5.41, 5.74) is 0.845. The molecule has 364 valence electrons. The Morgan fingerprint density at radius 3 is 2.40 bits per heavy atom. The van der Waals surface area contributed by atoms with Gasteiger partial charge in [-0.25, -0.2) is 0 Å². The number of nitrogens with zero attached hydrogens (tertiary/aromatic N) is 5. The average Bonchev–Trinajstić information content (AvgIpc) is 3.75. The number of nitro groups is 1. The molecule has 1 atom stereocenters. The number of H-pyrrole nitrogens is 1. The fourth-order valence-corrected chi connectivity index (χ4v) is 8.53. The third-order valence-corrected chi connectivity index (χ3v) is 12.8. The molecule has 1 amide bonds. The number of morpholine rings is 1. The van der Waals surface area contributed by atoms with Crippen molar-refractivity contribution < 1.29 is 56.5 Å². The maximum absolute atomic E-state index is 13.5. The van der Waals surface area contributed by atoms with Gasteiger partial charge in [0.25, 0.3) is 5.69 Å². The van der Waals surface area contributed by atoms with Gasteiger partial charge in [-0.1, -0.05) is 28.1 Å². The Balaban J connectivity index is 0.747. The second-order valence-corrected chi connectivity index (χ2v) is 17.9. The van der Waals surface area contributed by atoms with Crippen molar-refractivity contribution in [1.29, 1.82) is 0 Å². The Kier molecular flexibility index (Phi) is 16.8. The van der Waals surface area contributed by atoms with Crippen LogP contribution in [-0.2, 0) is 55.0 Å². The van der Waals surface area contributed by atoms with E-state index in [1.165, 1.54) is 6.07 Å². The summed E-state index contributed by atoms with van der Waals surface area (Å²) in [6, 6.07) is 14.5. The molecule has 5 aromatic rings. The summed E-state index contributed by atoms with van der Waals surface area (Å²) in [6.07, 6.45) is -0.795. The predicted octanol–water partition coefficient (Wildman–Crippen LogP) is 7.21. The van der Waals surface area contributed by atoms with Gasteiger partial charge in [0.05, 0.1) is 68.7 Å². The van der Waals surface area contributed by atoms with Gasteiger partial charge in [0.15, 0.2) is 0 Å². The van der Waals surface area contributed by atoms with E-state index in [1.807, 2.05) is 50.2 Å². The molecule has 2 aliphatic rings. The fourth-order valence-electron chi connectivity index (χ4n) is 8.14. The number of carbonyl (C=O) groups excluding carboxylic acids is 2. The van der Waals surface area contributed by atoms with Crippen molar-refractivity contribution in [2.45, 2.75) is 70.4 Å². The molecule has 4 heterocycles. The van der Waals surface area contributed by atoms with E-state index in [9.17, 15) is 38.0 Å². The van der Waals surface area contributed by atoms with Crippen LogP contribution < -0.4 is 9.47 Å². The van der Waals surface area contributed by atoms with Crippen LogP contribution in [-0.4, -0.2) is 125 Å². The first-order valence-electron chi connectivity index (χ1n) is 22.3. The van der Waals surface area contributed by atoms with Gasteiger partial charge in [0, 0.05) is 77.7 Å². The average molecular weight is 1010 g/mol. The highest BCUT2D eigenvalue weighted by molar-refractivity contribution is 9.10. The maximum Gasteiger partial charge on any atom is 0.423 e. The summed E-state index contributed by atoms with van der Waals surface area (Å²) in [7, 11) is 0. The number of fused-ring (bicyclic) bond motifs is 1. The van der Waals surface area contributed by atoms with Gasteiger partial charge in [0.2, 0.25) is 5.91 Å². The molecule has 2 aromatic heterocycles. The summed E-state index contributed by atoms with van der Waals surface area (Å²) in [6.45, 7) is 8.47. The smallest absolute Gasteiger partial charge is 0.423 e. The third kappa shape index (κ3) is 13.6. The number of aliphatic hydroxyl groups is 1. The molecule has 2 fully saturated rings. The molecule has 0 unspecified atom stereocenters. The highest BCUT2D eigenvalue weighted by Crippen LogP contribution is 2.41. The zero-order valence-electron chi connectivity index (χ0n) is 37.8. The number of nitrogens with one attached hydrogen (secondary N) is 1. The van der Waals surface area contributed by atoms with Crippen LogP contribution in [0.4, 0.5) is 18.9 Å². The molecular formula is C48H54BrF3N6O10. The molecule has 16 nitrogen and oxygen atoms in total. The molecule has 3 aromatic carbocycles. The number of hydrogen-bond acceptors (Lipinski definition) is 13. The topological polar surface area (TPSA) is 192 Å². The first-order chi connectivity index (χ1) is 32.5. The van der Waals surface area contributed by atoms with Crippen LogP contribution in [0.1, 0.15) is 58.6 Å². The van der Waals surface area contributed by atoms with E-state index in [0.717, 1.165) is 39.0 Å². The number of hydrogen-bond donors (Lipinski definition) is 2. The number of aryl methyl sites for hydroxylation is 2. The Hall–Kier alpha value is -5.51. The highest BCUT2D eigenvalue weighted by Gasteiger charge is 2.40. The molecule has 2 N–H and O–H groups in total. The molecule has 0 radical (unpaired) electrons. The van der Waals surface area contributed by atoms with Crippen LogP contribution in [0.25, 0.3) is 10.9 Å². The molecule has 2 aliphatic heterocycles. The number of ketones is 1. The number of ether oxygens (including phenoxy) is 5. The second-order valence-electron chi connectivity index (χ2n) is 17.1. The normalized spacial score (nSPS) is 16.5. The van der Waals surface area contributed by atoms with Gasteiger partial charge in [-0.05, 0) is 74.2 Å². The largest absolute Gasteiger partial charge is 0.491 e. The number of halogens is 4. The van der Waals surface area contributed by atoms with E-state index in [2.05, 4.69) is 35.8 Å². The summed E-state index contributed by atoms with van der Waals surface area (Å²) in [4.78, 5) is 51.6. The van der Waals surface area contributed by atoms with Crippen LogP contribution in [0.5, 0.6) is 11.5 Å². The van der Waals surface area contributed by atoms with Crippen LogP contribution in [0, 0.1) is 24.0 Å². The van der Waals surface area contributed by atoms with Gasteiger partial charge in [-0.3, -0.25) is 34.6 Å². The molecule has 68 heavy (non-hydrogen) atoms. The fraction of sp³-hybridized carbons (Fsp3) is 0.458. The quantitative estimate of drug-likeness (QED) is 0.0426. The molecule has 7 rings (SSSR count). The number of piperidine rings is 1. The Morgan fingerprint density at radius 1 is 0.956 bits per heavy atom. The zero-order chi connectivity index (χ0) is 48.4. The number of alkyl halides is 3.